The van der Waals surface area contributed by atoms with Crippen molar-refractivity contribution in [1.29, 1.82) is 0 Å². The summed E-state index contributed by atoms with van der Waals surface area (Å²) in [5, 5.41) is 3.25. The smallest absolute Gasteiger partial charge is 0.0183 e. The van der Waals surface area contributed by atoms with Crippen LogP contribution in [0.15, 0.2) is 11.5 Å². The Labute approximate surface area is 46.0 Å². The fraction of sp³-hybridized carbons (Fsp3) is 0.600. The summed E-state index contributed by atoms with van der Waals surface area (Å²) in [6.45, 7) is 3.30. The number of allylic oxidation sites excluding steroid dienone is 1. The Morgan fingerprint density at radius 2 is 2.71 bits per heavy atom. The zero-order valence-corrected chi connectivity index (χ0v) is 5.49. The van der Waals surface area contributed by atoms with Crippen molar-refractivity contribution in [3.05, 3.63) is 11.5 Å². The second-order valence-electron chi connectivity index (χ2n) is 1.71. The minimum absolute atomic E-state index is 1.06. The van der Waals surface area contributed by atoms with Gasteiger partial charge in [-0.05, 0) is 18.9 Å². The number of hydrogen-bond donors (Lipinski definition) is 1. The molecule has 2 heteroatoms. The van der Waals surface area contributed by atoms with Crippen LogP contribution in [0.4, 0.5) is 0 Å². The first kappa shape index (κ1) is 5.11. The molecule has 1 nitrogen and oxygen atoms in total. The first-order valence-corrected chi connectivity index (χ1v) is 3.82. The van der Waals surface area contributed by atoms with Crippen molar-refractivity contribution in [2.45, 2.75) is 6.92 Å². The van der Waals surface area contributed by atoms with Crippen LogP contribution in [0, 0.1) is 0 Å². The van der Waals surface area contributed by atoms with Gasteiger partial charge in [0, 0.05) is 12.2 Å². The van der Waals surface area contributed by atoms with Crippen molar-refractivity contribution in [3.8, 4) is 0 Å². The number of hydrogen-bond acceptors (Lipinski definition) is 1. The molecule has 0 amide bonds. The van der Waals surface area contributed by atoms with Crippen LogP contribution in [0.1, 0.15) is 6.92 Å². The van der Waals surface area contributed by atoms with Gasteiger partial charge in [-0.15, -0.1) is 0 Å². The Balaban J connectivity index is 2.40. The predicted octanol–water partition coefficient (Wildman–Crippen LogP) is 1.13. The van der Waals surface area contributed by atoms with Gasteiger partial charge in [-0.1, -0.05) is 8.58 Å². The van der Waals surface area contributed by atoms with Crippen molar-refractivity contribution in [3.63, 3.8) is 0 Å². The van der Waals surface area contributed by atoms with E-state index < -0.39 is 0 Å². The van der Waals surface area contributed by atoms with Crippen LogP contribution in [0.25, 0.3) is 0 Å². The van der Waals surface area contributed by atoms with E-state index in [1.54, 1.807) is 0 Å². The average Bonchev–Trinajstić information content (AvgIpc) is 1.69. The molecule has 0 bridgehead atoms. The highest BCUT2D eigenvalue weighted by molar-refractivity contribution is 7.41. The summed E-state index contributed by atoms with van der Waals surface area (Å²) in [6.07, 6.45) is 1.33. The van der Waals surface area contributed by atoms with E-state index in [9.17, 15) is 0 Å². The lowest BCUT2D eigenvalue weighted by Crippen LogP contribution is -2.16. The molecule has 1 aliphatic rings. The third kappa shape index (κ3) is 1.48. The first-order chi connectivity index (χ1) is 3.39. The number of nitrogens with one attached hydrogen (secondary N) is 1. The highest BCUT2D eigenvalue weighted by Crippen LogP contribution is 2.15. The number of rotatable bonds is 0. The van der Waals surface area contributed by atoms with Gasteiger partial charge in [-0.25, -0.2) is 0 Å². The molecule has 1 aliphatic heterocycles. The molecule has 0 saturated heterocycles. The van der Waals surface area contributed by atoms with Crippen LogP contribution < -0.4 is 5.32 Å². The zero-order valence-electron chi connectivity index (χ0n) is 4.49. The van der Waals surface area contributed by atoms with Gasteiger partial charge in [-0.3, -0.25) is 0 Å². The minimum Gasteiger partial charge on any atom is -0.388 e. The molecule has 0 spiro atoms. The Morgan fingerprint density at radius 1 is 1.86 bits per heavy atom. The Hall–Kier alpha value is -0.0300. The molecule has 0 aliphatic carbocycles. The maximum Gasteiger partial charge on any atom is 0.0183 e. The fourth-order valence-corrected chi connectivity index (χ4v) is 1.43. The first-order valence-electron chi connectivity index (χ1n) is 2.53. The van der Waals surface area contributed by atoms with Crippen LogP contribution in [0.5, 0.6) is 0 Å². The van der Waals surface area contributed by atoms with E-state index in [0.29, 0.717) is 0 Å². The molecule has 1 heterocycles. The fourth-order valence-electron chi connectivity index (χ4n) is 0.608. The lowest BCUT2D eigenvalue weighted by Gasteiger charge is -2.09. The van der Waals surface area contributed by atoms with Crippen LogP contribution in [-0.4, -0.2) is 12.7 Å². The van der Waals surface area contributed by atoms with Gasteiger partial charge in [0.15, 0.2) is 0 Å². The summed E-state index contributed by atoms with van der Waals surface area (Å²) in [5.74, 6) is 2.27. The lowest BCUT2D eigenvalue weighted by atomic mass is 10.5. The molecular weight excluding hydrogens is 105 g/mol. The van der Waals surface area contributed by atoms with Crippen LogP contribution >= 0.6 is 8.58 Å². The van der Waals surface area contributed by atoms with E-state index in [2.05, 4.69) is 18.1 Å². The van der Waals surface area contributed by atoms with Gasteiger partial charge in [0.1, 0.15) is 0 Å². The molecule has 0 radical (unpaired) electrons. The molecule has 1 unspecified atom stereocenters. The summed E-state index contributed by atoms with van der Waals surface area (Å²) in [5.41, 5.74) is 1.35. The molecule has 40 valence electrons. The monoisotopic (exact) mass is 115 g/mol. The molecule has 1 atom stereocenters. The van der Waals surface area contributed by atoms with Gasteiger partial charge >= 0.3 is 0 Å². The van der Waals surface area contributed by atoms with E-state index in [-0.39, 0.29) is 0 Å². The van der Waals surface area contributed by atoms with Crippen molar-refractivity contribution < 1.29 is 0 Å². The molecule has 0 aromatic rings. The Kier molecular flexibility index (Phi) is 1.70. The van der Waals surface area contributed by atoms with Gasteiger partial charge in [0.05, 0.1) is 0 Å². The van der Waals surface area contributed by atoms with E-state index in [1.807, 2.05) is 0 Å². The van der Waals surface area contributed by atoms with Crippen LogP contribution in [-0.2, 0) is 0 Å². The summed E-state index contributed by atoms with van der Waals surface area (Å²) in [6, 6.07) is 0. The van der Waals surface area contributed by atoms with Gasteiger partial charge in [0.25, 0.3) is 0 Å². The second-order valence-corrected chi connectivity index (χ2v) is 2.91. The SMILES string of the molecule is CC1=CPCCN1. The minimum atomic E-state index is 1.06. The third-order valence-electron chi connectivity index (χ3n) is 0.992. The second kappa shape index (κ2) is 2.32. The predicted molar refractivity (Wildman–Crippen MR) is 34.9 cm³/mol. The molecule has 0 aromatic heterocycles. The largest absolute Gasteiger partial charge is 0.388 e. The molecule has 0 fully saturated rings. The molecule has 7 heavy (non-hydrogen) atoms. The van der Waals surface area contributed by atoms with Crippen molar-refractivity contribution in [1.82, 2.24) is 5.32 Å². The zero-order chi connectivity index (χ0) is 5.11. The highest BCUT2D eigenvalue weighted by atomic mass is 31.1. The van der Waals surface area contributed by atoms with Crippen LogP contribution in [0.3, 0.4) is 0 Å². The average molecular weight is 115 g/mol. The van der Waals surface area contributed by atoms with Crippen molar-refractivity contribution in [2.75, 3.05) is 12.7 Å². The third-order valence-corrected chi connectivity index (χ3v) is 2.17. The van der Waals surface area contributed by atoms with Gasteiger partial charge in [-0.2, -0.15) is 0 Å². The Morgan fingerprint density at radius 3 is 3.00 bits per heavy atom. The molecule has 0 saturated carbocycles. The summed E-state index contributed by atoms with van der Waals surface area (Å²) >= 11 is 0. The van der Waals surface area contributed by atoms with Crippen molar-refractivity contribution in [2.24, 2.45) is 0 Å². The maximum absolute atomic E-state index is 3.25. The van der Waals surface area contributed by atoms with E-state index in [4.69, 9.17) is 0 Å². The maximum atomic E-state index is 3.25. The van der Waals surface area contributed by atoms with Crippen molar-refractivity contribution >= 4 is 8.58 Å². The lowest BCUT2D eigenvalue weighted by molar-refractivity contribution is 0.854. The Bertz CT molecular complexity index is 88.1. The molecule has 0 aromatic carbocycles. The summed E-state index contributed by atoms with van der Waals surface area (Å²) in [7, 11) is 1.06. The van der Waals surface area contributed by atoms with Gasteiger partial charge in [0.2, 0.25) is 0 Å². The topological polar surface area (TPSA) is 12.0 Å². The summed E-state index contributed by atoms with van der Waals surface area (Å²) < 4.78 is 0. The van der Waals surface area contributed by atoms with Gasteiger partial charge < -0.3 is 5.32 Å². The van der Waals surface area contributed by atoms with Crippen LogP contribution in [0.2, 0.25) is 0 Å². The highest BCUT2D eigenvalue weighted by Gasteiger charge is 1.92. The van der Waals surface area contributed by atoms with E-state index in [0.717, 1.165) is 8.58 Å². The quantitative estimate of drug-likeness (QED) is 0.466. The van der Waals surface area contributed by atoms with E-state index in [1.165, 1.54) is 18.4 Å². The van der Waals surface area contributed by atoms with E-state index >= 15 is 0 Å². The standard InChI is InChI=1S/C5H10NP/c1-5-4-7-3-2-6-5/h4,6-7H,2-3H2,1H3. The summed E-state index contributed by atoms with van der Waals surface area (Å²) in [4.78, 5) is 0. The normalized spacial score (nSPS) is 23.9. The molecule has 1 N–H and O–H groups in total. The molecule has 1 rings (SSSR count). The molecular formula is C5H10NP.